The molecule has 0 aliphatic carbocycles. The van der Waals surface area contributed by atoms with Crippen LogP contribution < -0.4 is 10.5 Å². The van der Waals surface area contributed by atoms with Gasteiger partial charge in [0.15, 0.2) is 11.5 Å². The summed E-state index contributed by atoms with van der Waals surface area (Å²) in [7, 11) is 1.41. The van der Waals surface area contributed by atoms with Gasteiger partial charge in [0, 0.05) is 18.2 Å². The van der Waals surface area contributed by atoms with E-state index in [0.717, 1.165) is 4.90 Å². The number of para-hydroxylation sites is 1. The fourth-order valence-corrected chi connectivity index (χ4v) is 4.22. The minimum Gasteiger partial charge on any atom is -0.419 e. The summed E-state index contributed by atoms with van der Waals surface area (Å²) in [5.74, 6) is -3.52. The molecule has 3 aromatic rings. The number of ether oxygens (including phenoxy) is 1. The standard InChI is InChI=1S/C22H16F3N3O3S/c1-28-18(29)21(27-20(28)26,14-6-3-2-4-7-14)16-9-5-8-15(13-10-11-32-12-13)17(16)31-19(30)22(23,24)25/h2-12H,1H3,(H2,26,27). The summed E-state index contributed by atoms with van der Waals surface area (Å²) in [4.78, 5) is 30.8. The van der Waals surface area contributed by atoms with Crippen molar-refractivity contribution >= 4 is 29.2 Å². The van der Waals surface area contributed by atoms with E-state index in [1.54, 1.807) is 53.2 Å². The van der Waals surface area contributed by atoms with E-state index >= 15 is 0 Å². The molecule has 1 atom stereocenters. The number of nitrogens with two attached hydrogens (primary N) is 1. The molecule has 2 aromatic carbocycles. The number of likely N-dealkylation sites (N-methyl/N-ethyl adjacent to an activating group) is 1. The highest BCUT2D eigenvalue weighted by Crippen LogP contribution is 2.47. The lowest BCUT2D eigenvalue weighted by Gasteiger charge is -2.28. The number of guanidine groups is 1. The second kappa shape index (κ2) is 7.79. The van der Waals surface area contributed by atoms with Gasteiger partial charge in [0.05, 0.1) is 0 Å². The zero-order chi connectivity index (χ0) is 23.1. The molecule has 0 fully saturated rings. The monoisotopic (exact) mass is 459 g/mol. The van der Waals surface area contributed by atoms with Crippen LogP contribution in [0.25, 0.3) is 11.1 Å². The van der Waals surface area contributed by atoms with Crippen LogP contribution in [0.4, 0.5) is 13.2 Å². The van der Waals surface area contributed by atoms with E-state index in [1.165, 1.54) is 30.5 Å². The smallest absolute Gasteiger partial charge is 0.419 e. The number of halogens is 3. The van der Waals surface area contributed by atoms with Crippen LogP contribution in [0.1, 0.15) is 11.1 Å². The Morgan fingerprint density at radius 3 is 2.41 bits per heavy atom. The van der Waals surface area contributed by atoms with Gasteiger partial charge in [-0.25, -0.2) is 9.79 Å². The van der Waals surface area contributed by atoms with Crippen molar-refractivity contribution in [2.75, 3.05) is 7.05 Å². The van der Waals surface area contributed by atoms with Crippen LogP contribution in [0, 0.1) is 0 Å². The van der Waals surface area contributed by atoms with E-state index in [1.807, 2.05) is 0 Å². The van der Waals surface area contributed by atoms with Crippen molar-refractivity contribution in [3.05, 3.63) is 76.5 Å². The fourth-order valence-electron chi connectivity index (χ4n) is 3.57. The molecule has 0 bridgehead atoms. The zero-order valence-electron chi connectivity index (χ0n) is 16.6. The van der Waals surface area contributed by atoms with Crippen molar-refractivity contribution in [3.8, 4) is 16.9 Å². The highest BCUT2D eigenvalue weighted by molar-refractivity contribution is 7.08. The number of amides is 1. The van der Waals surface area contributed by atoms with Crippen LogP contribution in [0.15, 0.2) is 70.3 Å². The van der Waals surface area contributed by atoms with E-state index in [4.69, 9.17) is 10.5 Å². The third-order valence-electron chi connectivity index (χ3n) is 5.09. The maximum absolute atomic E-state index is 13.4. The second-order valence-electron chi connectivity index (χ2n) is 6.99. The fraction of sp³-hybridized carbons (Fsp3) is 0.136. The number of carbonyl (C=O) groups is 2. The highest BCUT2D eigenvalue weighted by atomic mass is 32.1. The first-order valence-electron chi connectivity index (χ1n) is 9.30. The van der Waals surface area contributed by atoms with E-state index in [9.17, 15) is 22.8 Å². The van der Waals surface area contributed by atoms with Gasteiger partial charge in [-0.3, -0.25) is 9.69 Å². The Kier molecular flexibility index (Phi) is 5.25. The Morgan fingerprint density at radius 1 is 1.12 bits per heavy atom. The van der Waals surface area contributed by atoms with Gasteiger partial charge in [-0.15, -0.1) is 0 Å². The van der Waals surface area contributed by atoms with Crippen molar-refractivity contribution in [1.29, 1.82) is 0 Å². The molecular formula is C22H16F3N3O3S. The second-order valence-corrected chi connectivity index (χ2v) is 7.77. The molecule has 0 saturated heterocycles. The van der Waals surface area contributed by atoms with Crippen molar-refractivity contribution in [2.24, 2.45) is 10.7 Å². The first-order valence-corrected chi connectivity index (χ1v) is 10.2. The number of benzene rings is 2. The Hall–Kier alpha value is -3.66. The summed E-state index contributed by atoms with van der Waals surface area (Å²) in [5.41, 5.74) is 5.20. The van der Waals surface area contributed by atoms with Gasteiger partial charge in [0.1, 0.15) is 5.75 Å². The molecule has 2 heterocycles. The summed E-state index contributed by atoms with van der Waals surface area (Å²) in [5, 5.41) is 3.43. The van der Waals surface area contributed by atoms with Gasteiger partial charge in [0.2, 0.25) is 0 Å². The number of nitrogens with zero attached hydrogens (tertiary/aromatic N) is 2. The lowest BCUT2D eigenvalue weighted by atomic mass is 9.81. The summed E-state index contributed by atoms with van der Waals surface area (Å²) in [6, 6.07) is 14.4. The Labute approximate surface area is 184 Å². The minimum absolute atomic E-state index is 0.0256. The van der Waals surface area contributed by atoms with Crippen LogP contribution in [-0.2, 0) is 15.1 Å². The summed E-state index contributed by atoms with van der Waals surface area (Å²) >= 11 is 1.32. The Morgan fingerprint density at radius 2 is 1.84 bits per heavy atom. The molecule has 0 spiro atoms. The van der Waals surface area contributed by atoms with Crippen LogP contribution in [0.2, 0.25) is 0 Å². The number of thiophene rings is 1. The first kappa shape index (κ1) is 21.6. The average molecular weight is 459 g/mol. The zero-order valence-corrected chi connectivity index (χ0v) is 17.4. The van der Waals surface area contributed by atoms with Crippen LogP contribution in [-0.4, -0.2) is 36.0 Å². The molecule has 2 N–H and O–H groups in total. The molecule has 4 rings (SSSR count). The molecular weight excluding hydrogens is 443 g/mol. The molecule has 164 valence electrons. The SMILES string of the molecule is CN1C(=O)C(c2ccccc2)(c2cccc(-c3ccsc3)c2OC(=O)C(F)(F)F)N=C1N. The Bertz CT molecular complexity index is 1210. The maximum atomic E-state index is 13.4. The third-order valence-corrected chi connectivity index (χ3v) is 5.78. The maximum Gasteiger partial charge on any atom is 0.491 e. The molecule has 6 nitrogen and oxygen atoms in total. The molecule has 1 aliphatic heterocycles. The molecule has 0 radical (unpaired) electrons. The summed E-state index contributed by atoms with van der Waals surface area (Å²) < 4.78 is 44.3. The largest absolute Gasteiger partial charge is 0.491 e. The van der Waals surface area contributed by atoms with Crippen molar-refractivity contribution in [3.63, 3.8) is 0 Å². The van der Waals surface area contributed by atoms with Gasteiger partial charge in [-0.2, -0.15) is 24.5 Å². The third kappa shape index (κ3) is 3.42. The van der Waals surface area contributed by atoms with Crippen molar-refractivity contribution in [2.45, 2.75) is 11.7 Å². The normalized spacial score (nSPS) is 18.6. The minimum atomic E-state index is -5.24. The van der Waals surface area contributed by atoms with Gasteiger partial charge < -0.3 is 10.5 Å². The van der Waals surface area contributed by atoms with E-state index < -0.39 is 29.3 Å². The molecule has 10 heteroatoms. The number of carbonyl (C=O) groups excluding carboxylic acids is 2. The van der Waals surface area contributed by atoms with Gasteiger partial charge in [-0.1, -0.05) is 48.5 Å². The van der Waals surface area contributed by atoms with Crippen molar-refractivity contribution in [1.82, 2.24) is 4.90 Å². The summed E-state index contributed by atoms with van der Waals surface area (Å²) in [6.45, 7) is 0. The van der Waals surface area contributed by atoms with Crippen LogP contribution in [0.5, 0.6) is 5.75 Å². The number of rotatable bonds is 4. The van der Waals surface area contributed by atoms with Gasteiger partial charge in [-0.05, 0) is 28.0 Å². The molecule has 1 unspecified atom stereocenters. The first-order chi connectivity index (χ1) is 15.2. The van der Waals surface area contributed by atoms with Crippen molar-refractivity contribution < 1.29 is 27.5 Å². The molecule has 1 aliphatic rings. The predicted octanol–water partition coefficient (Wildman–Crippen LogP) is 3.91. The van der Waals surface area contributed by atoms with Crippen LogP contribution >= 0.6 is 11.3 Å². The van der Waals surface area contributed by atoms with Gasteiger partial charge >= 0.3 is 12.1 Å². The number of hydrogen-bond donors (Lipinski definition) is 1. The average Bonchev–Trinajstić information content (AvgIpc) is 3.38. The van der Waals surface area contributed by atoms with E-state index in [-0.39, 0.29) is 17.1 Å². The van der Waals surface area contributed by atoms with Crippen LogP contribution in [0.3, 0.4) is 0 Å². The summed E-state index contributed by atoms with van der Waals surface area (Å²) in [6.07, 6.45) is -5.24. The van der Waals surface area contributed by atoms with E-state index in [0.29, 0.717) is 11.1 Å². The number of esters is 1. The number of aliphatic imine (C=N–C) groups is 1. The van der Waals surface area contributed by atoms with Gasteiger partial charge in [0.25, 0.3) is 5.91 Å². The molecule has 1 aromatic heterocycles. The molecule has 0 saturated carbocycles. The lowest BCUT2D eigenvalue weighted by molar-refractivity contribution is -0.189. The molecule has 1 amide bonds. The lowest BCUT2D eigenvalue weighted by Crippen LogP contribution is -2.41. The Balaban J connectivity index is 2.04. The number of alkyl halides is 3. The quantitative estimate of drug-likeness (QED) is 0.474. The van der Waals surface area contributed by atoms with E-state index in [2.05, 4.69) is 4.99 Å². The number of hydrogen-bond acceptors (Lipinski definition) is 6. The highest BCUT2D eigenvalue weighted by Gasteiger charge is 2.52. The topological polar surface area (TPSA) is 85.0 Å². The molecule has 32 heavy (non-hydrogen) atoms. The predicted molar refractivity (Wildman–Crippen MR) is 113 cm³/mol.